The molecular weight excluding hydrogens is 292 g/mol. The molecule has 0 aromatic carbocycles. The molecule has 0 saturated heterocycles. The first kappa shape index (κ1) is 16.3. The zero-order chi connectivity index (χ0) is 15.5. The van der Waals surface area contributed by atoms with Crippen molar-refractivity contribution in [3.05, 3.63) is 28.8 Å². The largest absolute Gasteiger partial charge is 0.466 e. The third-order valence-electron chi connectivity index (χ3n) is 2.27. The second kappa shape index (κ2) is 6.10. The van der Waals surface area contributed by atoms with Crippen LogP contribution in [-0.2, 0) is 22.1 Å². The molecule has 1 aromatic heterocycles. The molecule has 1 aromatic rings. The summed E-state index contributed by atoms with van der Waals surface area (Å²) in [6.07, 6.45) is -9.69. The number of pyridine rings is 1. The maximum Gasteiger partial charge on any atom is 0.418 e. The summed E-state index contributed by atoms with van der Waals surface area (Å²) in [6, 6.07) is 0. The Morgan fingerprint density at radius 2 is 2.00 bits per heavy atom. The van der Waals surface area contributed by atoms with Crippen molar-refractivity contribution in [3.63, 3.8) is 0 Å². The molecule has 0 aliphatic carbocycles. The smallest absolute Gasteiger partial charge is 0.418 e. The van der Waals surface area contributed by atoms with Gasteiger partial charge in [-0.15, -0.1) is 0 Å². The van der Waals surface area contributed by atoms with E-state index in [-0.39, 0.29) is 12.8 Å². The van der Waals surface area contributed by atoms with Gasteiger partial charge < -0.3 is 4.74 Å². The molecule has 20 heavy (non-hydrogen) atoms. The molecule has 112 valence electrons. The number of carbonyl (C=O) groups is 1. The molecule has 0 spiro atoms. The van der Waals surface area contributed by atoms with Crippen molar-refractivity contribution in [3.8, 4) is 0 Å². The van der Waals surface area contributed by atoms with Crippen LogP contribution in [0.25, 0.3) is 0 Å². The van der Waals surface area contributed by atoms with Crippen LogP contribution in [0.2, 0.25) is 0 Å². The van der Waals surface area contributed by atoms with E-state index in [9.17, 15) is 31.1 Å². The minimum atomic E-state index is -5.26. The third-order valence-corrected chi connectivity index (χ3v) is 2.27. The van der Waals surface area contributed by atoms with Crippen molar-refractivity contribution in [2.75, 3.05) is 6.61 Å². The second-order valence-corrected chi connectivity index (χ2v) is 3.62. The van der Waals surface area contributed by atoms with Crippen LogP contribution in [0.4, 0.5) is 26.3 Å². The number of ether oxygens (including phenoxy) is 1. The van der Waals surface area contributed by atoms with Gasteiger partial charge in [-0.25, -0.2) is 13.2 Å². The number of nitrogens with zero attached hydrogens (tertiary/aromatic N) is 1. The summed E-state index contributed by atoms with van der Waals surface area (Å²) >= 11 is 0. The van der Waals surface area contributed by atoms with E-state index in [0.29, 0.717) is 0 Å². The Morgan fingerprint density at radius 3 is 2.45 bits per heavy atom. The first-order valence-electron chi connectivity index (χ1n) is 5.36. The average molecular weight is 301 g/mol. The molecule has 0 aliphatic rings. The molecule has 0 aliphatic heterocycles. The summed E-state index contributed by atoms with van der Waals surface area (Å²) in [5.74, 6) is -2.85. The van der Waals surface area contributed by atoms with Gasteiger partial charge in [0, 0.05) is 0 Å². The third kappa shape index (κ3) is 3.61. The van der Waals surface area contributed by atoms with E-state index in [2.05, 4.69) is 9.72 Å². The molecule has 1 heterocycles. The number of aromatic nitrogens is 1. The van der Waals surface area contributed by atoms with Gasteiger partial charge in [-0.1, -0.05) is 0 Å². The Hall–Kier alpha value is -1.80. The SMILES string of the molecule is CCOC(=O)Cc1ncc(F)c(C(F)F)c1C(F)(F)F. The maximum absolute atomic E-state index is 13.1. The Bertz CT molecular complexity index is 500. The number of esters is 1. The number of carbonyl (C=O) groups excluding carboxylic acids is 1. The topological polar surface area (TPSA) is 39.2 Å². The van der Waals surface area contributed by atoms with Crippen molar-refractivity contribution in [1.29, 1.82) is 0 Å². The zero-order valence-electron chi connectivity index (χ0n) is 10.1. The quantitative estimate of drug-likeness (QED) is 0.633. The van der Waals surface area contributed by atoms with Crippen LogP contribution < -0.4 is 0 Å². The molecular formula is C11H9F6NO2. The molecule has 0 unspecified atom stereocenters. The molecule has 0 amide bonds. The lowest BCUT2D eigenvalue weighted by Gasteiger charge is -2.16. The van der Waals surface area contributed by atoms with Gasteiger partial charge in [0.2, 0.25) is 0 Å². The van der Waals surface area contributed by atoms with E-state index in [0.717, 1.165) is 0 Å². The van der Waals surface area contributed by atoms with Crippen molar-refractivity contribution in [1.82, 2.24) is 4.98 Å². The zero-order valence-corrected chi connectivity index (χ0v) is 10.1. The van der Waals surface area contributed by atoms with E-state index in [1.165, 1.54) is 6.92 Å². The van der Waals surface area contributed by atoms with Gasteiger partial charge >= 0.3 is 12.1 Å². The Balaban J connectivity index is 3.38. The number of alkyl halides is 5. The molecule has 3 nitrogen and oxygen atoms in total. The molecule has 9 heteroatoms. The molecule has 0 fully saturated rings. The number of hydrogen-bond acceptors (Lipinski definition) is 3. The normalized spacial score (nSPS) is 11.8. The van der Waals surface area contributed by atoms with Gasteiger partial charge in [0.05, 0.1) is 36.0 Å². The fraction of sp³-hybridized carbons (Fsp3) is 0.455. The number of rotatable bonds is 4. The van der Waals surface area contributed by atoms with Crippen LogP contribution in [0.1, 0.15) is 30.2 Å². The van der Waals surface area contributed by atoms with Crippen LogP contribution in [-0.4, -0.2) is 17.6 Å². The van der Waals surface area contributed by atoms with E-state index in [1.54, 1.807) is 0 Å². The van der Waals surface area contributed by atoms with E-state index >= 15 is 0 Å². The van der Waals surface area contributed by atoms with Crippen LogP contribution in [0.5, 0.6) is 0 Å². The summed E-state index contributed by atoms with van der Waals surface area (Å²) in [5.41, 5.74) is -4.74. The van der Waals surface area contributed by atoms with Crippen molar-refractivity contribution < 1.29 is 35.9 Å². The summed E-state index contributed by atoms with van der Waals surface area (Å²) in [7, 11) is 0. The summed E-state index contributed by atoms with van der Waals surface area (Å²) in [6.45, 7) is 1.33. The van der Waals surface area contributed by atoms with Crippen LogP contribution in [0.15, 0.2) is 6.20 Å². The van der Waals surface area contributed by atoms with E-state index in [4.69, 9.17) is 0 Å². The first-order chi connectivity index (χ1) is 9.18. The summed E-state index contributed by atoms with van der Waals surface area (Å²) < 4.78 is 81.1. The minimum absolute atomic E-state index is 0.0942. The minimum Gasteiger partial charge on any atom is -0.466 e. The molecule has 0 atom stereocenters. The highest BCUT2D eigenvalue weighted by Gasteiger charge is 2.41. The number of halogens is 6. The lowest BCUT2D eigenvalue weighted by molar-refractivity contribution is -0.144. The molecule has 1 rings (SSSR count). The van der Waals surface area contributed by atoms with Gasteiger partial charge in [0.25, 0.3) is 6.43 Å². The van der Waals surface area contributed by atoms with Crippen LogP contribution in [0.3, 0.4) is 0 Å². The summed E-state index contributed by atoms with van der Waals surface area (Å²) in [5, 5.41) is 0. The lowest BCUT2D eigenvalue weighted by atomic mass is 10.0. The summed E-state index contributed by atoms with van der Waals surface area (Å²) in [4.78, 5) is 14.2. The van der Waals surface area contributed by atoms with Crippen molar-refractivity contribution in [2.45, 2.75) is 25.9 Å². The first-order valence-corrected chi connectivity index (χ1v) is 5.36. The van der Waals surface area contributed by atoms with E-state index in [1.807, 2.05) is 0 Å². The van der Waals surface area contributed by atoms with Gasteiger partial charge in [0.1, 0.15) is 0 Å². The Kier molecular flexibility index (Phi) is 4.96. The fourth-order valence-corrected chi connectivity index (χ4v) is 1.56. The average Bonchev–Trinajstić information content (AvgIpc) is 2.29. The van der Waals surface area contributed by atoms with Gasteiger partial charge in [-0.3, -0.25) is 9.78 Å². The predicted molar refractivity (Wildman–Crippen MR) is 54.5 cm³/mol. The standard InChI is InChI=1S/C11H9F6NO2/c1-2-20-7(19)3-6-9(11(15,16)17)8(10(13)14)5(12)4-18-6/h4,10H,2-3H2,1H3. The lowest BCUT2D eigenvalue weighted by Crippen LogP contribution is -2.19. The highest BCUT2D eigenvalue weighted by Crippen LogP contribution is 2.39. The van der Waals surface area contributed by atoms with Crippen molar-refractivity contribution in [2.24, 2.45) is 0 Å². The van der Waals surface area contributed by atoms with Crippen LogP contribution in [0, 0.1) is 5.82 Å². The molecule has 0 radical (unpaired) electrons. The maximum atomic E-state index is 13.1. The highest BCUT2D eigenvalue weighted by atomic mass is 19.4. The van der Waals surface area contributed by atoms with Crippen LogP contribution >= 0.6 is 0 Å². The van der Waals surface area contributed by atoms with Gasteiger partial charge in [-0.05, 0) is 6.92 Å². The monoisotopic (exact) mass is 301 g/mol. The van der Waals surface area contributed by atoms with Crippen molar-refractivity contribution >= 4 is 5.97 Å². The number of hydrogen-bond donors (Lipinski definition) is 0. The van der Waals surface area contributed by atoms with E-state index < -0.39 is 47.6 Å². The van der Waals surface area contributed by atoms with Gasteiger partial charge in [-0.2, -0.15) is 13.2 Å². The molecule has 0 bridgehead atoms. The predicted octanol–water partition coefficient (Wildman–Crippen LogP) is 3.28. The highest BCUT2D eigenvalue weighted by molar-refractivity contribution is 5.72. The molecule has 0 N–H and O–H groups in total. The second-order valence-electron chi connectivity index (χ2n) is 3.62. The van der Waals surface area contributed by atoms with Gasteiger partial charge in [0.15, 0.2) is 5.82 Å². The Labute approximate surface area is 109 Å². The fourth-order valence-electron chi connectivity index (χ4n) is 1.56. The Morgan fingerprint density at radius 1 is 1.40 bits per heavy atom. The molecule has 0 saturated carbocycles.